The monoisotopic (exact) mass is 555 g/mol. The lowest BCUT2D eigenvalue weighted by atomic mass is 9.57. The van der Waals surface area contributed by atoms with Crippen molar-refractivity contribution in [2.24, 2.45) is 0 Å². The lowest BCUT2D eigenvalue weighted by Gasteiger charge is -2.52. The Labute approximate surface area is 222 Å². The van der Waals surface area contributed by atoms with E-state index in [2.05, 4.69) is 15.5 Å². The van der Waals surface area contributed by atoms with E-state index in [9.17, 15) is 23.1 Å². The van der Waals surface area contributed by atoms with E-state index in [1.54, 1.807) is 18.2 Å². The third kappa shape index (κ3) is 4.66. The third-order valence-electron chi connectivity index (χ3n) is 8.82. The van der Waals surface area contributed by atoms with Gasteiger partial charge in [0, 0.05) is 33.9 Å². The van der Waals surface area contributed by atoms with Crippen molar-refractivity contribution in [1.29, 1.82) is 0 Å². The minimum Gasteiger partial charge on any atom is -0.480 e. The van der Waals surface area contributed by atoms with Gasteiger partial charge in [0.15, 0.2) is 6.10 Å². The highest BCUT2D eigenvalue weighted by Gasteiger charge is 2.53. The van der Waals surface area contributed by atoms with Gasteiger partial charge in [0.05, 0.1) is 12.2 Å². The molecular weight excluding hydrogens is 527 g/mol. The number of fused-ring (bicyclic) bond motifs is 4. The number of halogens is 4. The minimum atomic E-state index is -3.16. The van der Waals surface area contributed by atoms with Crippen molar-refractivity contribution in [2.75, 3.05) is 0 Å². The molecule has 2 N–H and O–H groups in total. The summed E-state index contributed by atoms with van der Waals surface area (Å²) < 4.78 is 54.5. The van der Waals surface area contributed by atoms with E-state index in [1.807, 2.05) is 0 Å². The quantitative estimate of drug-likeness (QED) is 0.501. The van der Waals surface area contributed by atoms with Crippen LogP contribution < -0.4 is 10.1 Å². The number of nitrogens with one attached hydrogen (secondary N) is 1. The molecule has 1 aromatic carbocycles. The van der Waals surface area contributed by atoms with E-state index in [0.29, 0.717) is 41.0 Å². The van der Waals surface area contributed by atoms with Crippen LogP contribution >= 0.6 is 11.6 Å². The number of aliphatic hydroxyl groups excluding tert-OH is 1. The summed E-state index contributed by atoms with van der Waals surface area (Å²) in [6.45, 7) is 0. The molecule has 3 atom stereocenters. The normalized spacial score (nSPS) is 34.8. The van der Waals surface area contributed by atoms with Crippen molar-refractivity contribution in [3.05, 3.63) is 40.6 Å². The first-order valence-electron chi connectivity index (χ1n) is 13.0. The number of aromatic nitrogens is 2. The van der Waals surface area contributed by atoms with Gasteiger partial charge in [0.25, 0.3) is 18.7 Å². The number of nitrogens with zero attached hydrogens (tertiary/aromatic N) is 2. The smallest absolute Gasteiger partial charge is 0.293 e. The number of carbonyl (C=O) groups is 1. The fourth-order valence-corrected chi connectivity index (χ4v) is 6.53. The summed E-state index contributed by atoms with van der Waals surface area (Å²) in [6.07, 6.45) is -2.45. The van der Waals surface area contributed by atoms with Gasteiger partial charge in [-0.05, 0) is 69.6 Å². The first kappa shape index (κ1) is 25.9. The molecule has 4 fully saturated rings. The third-order valence-corrected chi connectivity index (χ3v) is 9.06. The highest BCUT2D eigenvalue weighted by Crippen LogP contribution is 2.54. The van der Waals surface area contributed by atoms with Crippen molar-refractivity contribution in [1.82, 2.24) is 15.5 Å². The molecule has 4 aliphatic carbocycles. The zero-order valence-electron chi connectivity index (χ0n) is 20.5. The Bertz CT molecular complexity index is 1180. The molecule has 4 saturated carbocycles. The molecule has 5 aliphatic rings. The zero-order valence-corrected chi connectivity index (χ0v) is 21.3. The van der Waals surface area contributed by atoms with E-state index in [1.165, 1.54) is 0 Å². The van der Waals surface area contributed by atoms with Crippen molar-refractivity contribution >= 4 is 17.5 Å². The minimum absolute atomic E-state index is 0.125. The number of alkyl halides is 3. The Kier molecular flexibility index (Phi) is 6.59. The van der Waals surface area contributed by atoms with E-state index in [4.69, 9.17) is 25.5 Å². The molecule has 12 heteroatoms. The maximum Gasteiger partial charge on any atom is 0.293 e. The summed E-state index contributed by atoms with van der Waals surface area (Å²) in [5.41, 5.74) is -0.0154. The predicted molar refractivity (Wildman–Crippen MR) is 128 cm³/mol. The summed E-state index contributed by atoms with van der Waals surface area (Å²) in [5, 5.41) is 22.8. The lowest BCUT2D eigenvalue weighted by Crippen LogP contribution is -2.60. The van der Waals surface area contributed by atoms with Crippen LogP contribution in [0.3, 0.4) is 0 Å². The Morgan fingerprint density at radius 2 is 1.82 bits per heavy atom. The Morgan fingerprint density at radius 3 is 2.50 bits per heavy atom. The van der Waals surface area contributed by atoms with Crippen molar-refractivity contribution in [3.63, 3.8) is 0 Å². The van der Waals surface area contributed by atoms with Crippen LogP contribution in [0, 0.1) is 0 Å². The zero-order chi connectivity index (χ0) is 26.7. The molecule has 2 heterocycles. The van der Waals surface area contributed by atoms with Crippen molar-refractivity contribution in [2.45, 2.75) is 106 Å². The van der Waals surface area contributed by atoms with Crippen LogP contribution in [-0.2, 0) is 14.9 Å². The molecule has 2 aromatic rings. The maximum absolute atomic E-state index is 13.2. The fourth-order valence-electron chi connectivity index (χ4n) is 6.35. The van der Waals surface area contributed by atoms with E-state index < -0.39 is 31.1 Å². The molecule has 1 aliphatic heterocycles. The number of aliphatic hydroxyl groups is 1. The molecule has 1 amide bonds. The van der Waals surface area contributed by atoms with Crippen molar-refractivity contribution < 1.29 is 37.0 Å². The fraction of sp³-hybridized carbons (Fsp3) is 0.654. The van der Waals surface area contributed by atoms with Crippen LogP contribution in [0.15, 0.2) is 22.6 Å². The van der Waals surface area contributed by atoms with Gasteiger partial charge in [0.1, 0.15) is 5.75 Å². The molecular formula is C26H29ClF3N3O5. The molecule has 1 aromatic heterocycles. The molecule has 1 unspecified atom stereocenters. The largest absolute Gasteiger partial charge is 0.480 e. The molecule has 7 rings (SSSR count). The molecule has 0 saturated heterocycles. The summed E-state index contributed by atoms with van der Waals surface area (Å²) in [5.74, 6) is 1.11. The SMILES string of the molecule is O=C(NC12CCC(c3nnc(C4CC(OC(F)C(F)F)C4)o3)(CC1)CC2)[C@H]1C[C@@H](O)c2cc(Cl)ccc2O1. The second kappa shape index (κ2) is 9.67. The first-order chi connectivity index (χ1) is 18.2. The molecule has 0 spiro atoms. The van der Waals surface area contributed by atoms with Crippen LogP contribution in [0.2, 0.25) is 5.02 Å². The molecule has 38 heavy (non-hydrogen) atoms. The number of amides is 1. The van der Waals surface area contributed by atoms with Crippen LogP contribution in [0.5, 0.6) is 5.75 Å². The molecule has 0 radical (unpaired) electrons. The maximum atomic E-state index is 13.2. The average molecular weight is 556 g/mol. The highest BCUT2D eigenvalue weighted by molar-refractivity contribution is 6.30. The Morgan fingerprint density at radius 1 is 1.11 bits per heavy atom. The predicted octanol–water partition coefficient (Wildman–Crippen LogP) is 4.89. The van der Waals surface area contributed by atoms with Crippen LogP contribution in [0.25, 0.3) is 0 Å². The topological polar surface area (TPSA) is 107 Å². The molecule has 8 nitrogen and oxygen atoms in total. The van der Waals surface area contributed by atoms with Crippen LogP contribution in [-0.4, -0.2) is 51.7 Å². The first-order valence-corrected chi connectivity index (χ1v) is 13.4. The number of hydrogen-bond donors (Lipinski definition) is 2. The van der Waals surface area contributed by atoms with Gasteiger partial charge < -0.3 is 24.3 Å². The van der Waals surface area contributed by atoms with Gasteiger partial charge in [-0.2, -0.15) is 0 Å². The van der Waals surface area contributed by atoms with Crippen LogP contribution in [0.4, 0.5) is 13.2 Å². The number of hydrogen-bond acceptors (Lipinski definition) is 7. The lowest BCUT2D eigenvalue weighted by molar-refractivity contribution is -0.178. The summed E-state index contributed by atoms with van der Waals surface area (Å²) >= 11 is 6.02. The van der Waals surface area contributed by atoms with E-state index >= 15 is 0 Å². The summed E-state index contributed by atoms with van der Waals surface area (Å²) in [7, 11) is 0. The number of benzene rings is 1. The van der Waals surface area contributed by atoms with E-state index in [-0.39, 0.29) is 29.2 Å². The Hall–Kier alpha value is -2.37. The molecule has 206 valence electrons. The van der Waals surface area contributed by atoms with Crippen molar-refractivity contribution in [3.8, 4) is 5.75 Å². The van der Waals surface area contributed by atoms with Gasteiger partial charge in [-0.15, -0.1) is 10.2 Å². The number of ether oxygens (including phenoxy) is 2. The second-order valence-electron chi connectivity index (χ2n) is 11.1. The van der Waals surface area contributed by atoms with Gasteiger partial charge in [-0.25, -0.2) is 13.2 Å². The molecule has 2 bridgehead atoms. The highest BCUT2D eigenvalue weighted by atomic mass is 35.5. The summed E-state index contributed by atoms with van der Waals surface area (Å²) in [4.78, 5) is 13.2. The standard InChI is InChI=1S/C26H29ClF3N3O5/c27-14-1-2-18-16(11-14)17(34)12-19(37-18)22(35)31-26-6-3-25(4-7-26,5-8-26)24-33-32-23(38-24)13-9-15(10-13)36-21(30)20(28)29/h1-2,11,13,15,17,19-21,34H,3-10,12H2,(H,31,35)/t13?,15?,17-,19-,21?,25?,26?/m1/s1. The Balaban J connectivity index is 1.04. The number of carbonyl (C=O) groups excluding carboxylic acids is 1. The van der Waals surface area contributed by atoms with E-state index in [0.717, 1.165) is 38.5 Å². The van der Waals surface area contributed by atoms with Gasteiger partial charge >= 0.3 is 0 Å². The second-order valence-corrected chi connectivity index (χ2v) is 11.6. The summed E-state index contributed by atoms with van der Waals surface area (Å²) in [6, 6.07) is 4.99. The van der Waals surface area contributed by atoms with Gasteiger partial charge in [-0.1, -0.05) is 11.6 Å². The van der Waals surface area contributed by atoms with Gasteiger partial charge in [-0.3, -0.25) is 4.79 Å². The average Bonchev–Trinajstić information content (AvgIpc) is 3.37. The number of rotatable bonds is 7. The van der Waals surface area contributed by atoms with Gasteiger partial charge in [0.2, 0.25) is 11.8 Å². The van der Waals surface area contributed by atoms with Crippen LogP contribution in [0.1, 0.15) is 87.2 Å².